The summed E-state index contributed by atoms with van der Waals surface area (Å²) in [6, 6.07) is 5.98. The lowest BCUT2D eigenvalue weighted by molar-refractivity contribution is -0.692. The topological polar surface area (TPSA) is 112 Å². The van der Waals surface area contributed by atoms with Gasteiger partial charge in [0.25, 0.3) is 0 Å². The Labute approximate surface area is 130 Å². The molecule has 1 atom stereocenters. The van der Waals surface area contributed by atoms with Crippen LogP contribution in [0.3, 0.4) is 0 Å². The summed E-state index contributed by atoms with van der Waals surface area (Å²) < 4.78 is 5.03. The van der Waals surface area contributed by atoms with Crippen LogP contribution in [0.5, 0.6) is 5.75 Å². The van der Waals surface area contributed by atoms with E-state index in [1.165, 1.54) is 0 Å². The molecule has 0 saturated carbocycles. The van der Waals surface area contributed by atoms with E-state index in [-0.39, 0.29) is 12.3 Å². The van der Waals surface area contributed by atoms with E-state index in [9.17, 15) is 14.7 Å². The Morgan fingerprint density at radius 2 is 1.95 bits per heavy atom. The van der Waals surface area contributed by atoms with Gasteiger partial charge in [0, 0.05) is 12.1 Å². The summed E-state index contributed by atoms with van der Waals surface area (Å²) in [6.45, 7) is 1.58. The summed E-state index contributed by atoms with van der Waals surface area (Å²) in [6.07, 6.45) is 0.755. The minimum absolute atomic E-state index is 0.121. The minimum atomic E-state index is -1.22. The first kappa shape index (κ1) is 17.9. The Hall–Kier alpha value is -2.12. The number of carbonyl (C=O) groups excluding carboxylic acids is 2. The lowest BCUT2D eigenvalue weighted by atomic mass is 10.2. The summed E-state index contributed by atoms with van der Waals surface area (Å²) in [5.74, 6) is -0.880. The zero-order chi connectivity index (χ0) is 16.4. The molecule has 0 aliphatic rings. The number of methoxy groups -OCH3 is 1. The van der Waals surface area contributed by atoms with E-state index >= 15 is 0 Å². The summed E-state index contributed by atoms with van der Waals surface area (Å²) in [7, 11) is 3.52. The van der Waals surface area contributed by atoms with Crippen LogP contribution in [0.1, 0.15) is 12.8 Å². The third kappa shape index (κ3) is 6.55. The van der Waals surface area contributed by atoms with Gasteiger partial charge in [-0.1, -0.05) is 0 Å². The number of rotatable bonds is 10. The van der Waals surface area contributed by atoms with Crippen molar-refractivity contribution in [1.29, 1.82) is 0 Å². The number of hydrogen-bond donors (Lipinski definition) is 3. The van der Waals surface area contributed by atoms with Gasteiger partial charge < -0.3 is 30.6 Å². The fraction of sp³-hybridized carbons (Fsp3) is 0.467. The van der Waals surface area contributed by atoms with Crippen molar-refractivity contribution < 1.29 is 30.1 Å². The fourth-order valence-corrected chi connectivity index (χ4v) is 1.99. The molecule has 0 bridgehead atoms. The number of carboxylic acid groups (broad SMARTS) is 1. The third-order valence-corrected chi connectivity index (χ3v) is 3.23. The smallest absolute Gasteiger partial charge is 0.230 e. The highest BCUT2D eigenvalue weighted by molar-refractivity contribution is 5.93. The molecule has 1 aromatic rings. The van der Waals surface area contributed by atoms with Crippen LogP contribution in [0.4, 0.5) is 5.69 Å². The number of anilines is 1. The lowest BCUT2D eigenvalue weighted by Crippen LogP contribution is -2.94. The molecule has 0 fully saturated rings. The predicted octanol–water partition coefficient (Wildman–Crippen LogP) is -2.71. The first-order valence-corrected chi connectivity index (χ1v) is 7.32. The molecule has 1 rings (SSSR count). The number of aliphatic carboxylic acids is 1. The molecule has 0 saturated heterocycles. The molecule has 0 aromatic heterocycles. The molecule has 1 amide bonds. The zero-order valence-electron chi connectivity index (χ0n) is 13.0. The van der Waals surface area contributed by atoms with Crippen LogP contribution in [-0.4, -0.2) is 45.2 Å². The standard InChI is InChI=1S/C15H23N3O4/c1-16-8-3-9-17-13(15(20)21)10-14(19)18-11-4-6-12(22-2)7-5-11/h4-7,13,16-17H,3,8-10H2,1-2H3,(H,18,19)(H,20,21)/p+1/t13-/m1/s1. The Morgan fingerprint density at radius 1 is 1.27 bits per heavy atom. The van der Waals surface area contributed by atoms with Crippen LogP contribution in [0, 0.1) is 0 Å². The number of hydrogen-bond acceptors (Lipinski definition) is 4. The molecule has 0 unspecified atom stereocenters. The molecule has 0 aliphatic carbocycles. The Balaban J connectivity index is 2.46. The van der Waals surface area contributed by atoms with Crippen molar-refractivity contribution in [2.45, 2.75) is 18.9 Å². The third-order valence-electron chi connectivity index (χ3n) is 3.23. The van der Waals surface area contributed by atoms with Gasteiger partial charge in [-0.25, -0.2) is 0 Å². The van der Waals surface area contributed by atoms with Gasteiger partial charge in [0.15, 0.2) is 0 Å². The minimum Gasteiger partial charge on any atom is -0.544 e. The van der Waals surface area contributed by atoms with Gasteiger partial charge in [0.1, 0.15) is 11.8 Å². The molecule has 0 spiro atoms. The van der Waals surface area contributed by atoms with Gasteiger partial charge in [0.05, 0.1) is 39.6 Å². The van der Waals surface area contributed by atoms with Crippen molar-refractivity contribution in [3.8, 4) is 5.75 Å². The predicted molar refractivity (Wildman–Crippen MR) is 79.2 cm³/mol. The molecule has 7 nitrogen and oxygen atoms in total. The van der Waals surface area contributed by atoms with E-state index < -0.39 is 12.0 Å². The molecule has 22 heavy (non-hydrogen) atoms. The average molecular weight is 310 g/mol. The highest BCUT2D eigenvalue weighted by atomic mass is 16.5. The summed E-state index contributed by atoms with van der Waals surface area (Å²) in [5.41, 5.74) is 0.600. The van der Waals surface area contributed by atoms with Crippen LogP contribution >= 0.6 is 0 Å². The van der Waals surface area contributed by atoms with E-state index in [0.717, 1.165) is 13.0 Å². The summed E-state index contributed by atoms with van der Waals surface area (Å²) in [4.78, 5) is 23.0. The van der Waals surface area contributed by atoms with Gasteiger partial charge in [-0.15, -0.1) is 0 Å². The maximum absolute atomic E-state index is 11.9. The number of amides is 1. The Bertz CT molecular complexity index is 476. The first-order chi connectivity index (χ1) is 10.6. The van der Waals surface area contributed by atoms with Gasteiger partial charge in [0.2, 0.25) is 5.91 Å². The van der Waals surface area contributed by atoms with Crippen molar-refractivity contribution in [2.24, 2.45) is 0 Å². The van der Waals surface area contributed by atoms with Crippen molar-refractivity contribution in [3.63, 3.8) is 0 Å². The number of quaternary nitrogens is 2. The normalized spacial score (nSPS) is 11.7. The second-order valence-electron chi connectivity index (χ2n) is 4.98. The second-order valence-corrected chi connectivity index (χ2v) is 4.98. The van der Waals surface area contributed by atoms with Gasteiger partial charge in [-0.05, 0) is 24.3 Å². The molecule has 5 N–H and O–H groups in total. The maximum atomic E-state index is 11.9. The van der Waals surface area contributed by atoms with E-state index in [4.69, 9.17) is 4.74 Å². The van der Waals surface area contributed by atoms with Gasteiger partial charge in [-0.3, -0.25) is 4.79 Å². The molecular formula is C15H24N3O4+. The van der Waals surface area contributed by atoms with E-state index in [2.05, 4.69) is 5.32 Å². The number of ether oxygens (including phenoxy) is 1. The second kappa shape index (κ2) is 9.75. The average Bonchev–Trinajstić information content (AvgIpc) is 2.51. The number of nitrogens with one attached hydrogen (secondary N) is 1. The SMILES string of the molecule is C[NH2+]CCC[NH2+][C@H](CC(=O)Nc1ccc(OC)cc1)C(=O)[O-]. The number of carboxylic acids is 1. The van der Waals surface area contributed by atoms with Crippen molar-refractivity contribution >= 4 is 17.6 Å². The van der Waals surface area contributed by atoms with Crippen molar-refractivity contribution in [3.05, 3.63) is 24.3 Å². The van der Waals surface area contributed by atoms with Crippen molar-refractivity contribution in [2.75, 3.05) is 32.6 Å². The van der Waals surface area contributed by atoms with E-state index in [0.29, 0.717) is 18.0 Å². The van der Waals surface area contributed by atoms with Crippen LogP contribution in [0.15, 0.2) is 24.3 Å². The number of carbonyl (C=O) groups is 2. The first-order valence-electron chi connectivity index (χ1n) is 7.32. The number of nitrogens with two attached hydrogens (primary N) is 2. The quantitative estimate of drug-likeness (QED) is 0.408. The van der Waals surface area contributed by atoms with Crippen molar-refractivity contribution in [1.82, 2.24) is 0 Å². The Kier molecular flexibility index (Phi) is 7.95. The molecule has 122 valence electrons. The van der Waals surface area contributed by atoms with Crippen LogP contribution in [-0.2, 0) is 9.59 Å². The lowest BCUT2D eigenvalue weighted by Gasteiger charge is -2.16. The monoisotopic (exact) mass is 310 g/mol. The molecule has 0 heterocycles. The Morgan fingerprint density at radius 3 is 2.50 bits per heavy atom. The van der Waals surface area contributed by atoms with Gasteiger partial charge in [-0.2, -0.15) is 0 Å². The van der Waals surface area contributed by atoms with E-state index in [1.54, 1.807) is 36.7 Å². The van der Waals surface area contributed by atoms with Gasteiger partial charge >= 0.3 is 0 Å². The molecule has 0 radical (unpaired) electrons. The summed E-state index contributed by atoms with van der Waals surface area (Å²) >= 11 is 0. The van der Waals surface area contributed by atoms with Crippen LogP contribution < -0.4 is 25.8 Å². The zero-order valence-corrected chi connectivity index (χ0v) is 13.0. The van der Waals surface area contributed by atoms with Crippen LogP contribution in [0.2, 0.25) is 0 Å². The molecular weight excluding hydrogens is 286 g/mol. The largest absolute Gasteiger partial charge is 0.544 e. The summed E-state index contributed by atoms with van der Waals surface area (Å²) in [5, 5.41) is 17.4. The highest BCUT2D eigenvalue weighted by Gasteiger charge is 2.18. The molecule has 7 heteroatoms. The molecule has 1 aromatic carbocycles. The number of benzene rings is 1. The molecule has 0 aliphatic heterocycles. The highest BCUT2D eigenvalue weighted by Crippen LogP contribution is 2.15. The van der Waals surface area contributed by atoms with Crippen LogP contribution in [0.25, 0.3) is 0 Å². The van der Waals surface area contributed by atoms with E-state index in [1.807, 2.05) is 12.4 Å². The fourth-order valence-electron chi connectivity index (χ4n) is 1.99. The maximum Gasteiger partial charge on any atom is 0.230 e.